The van der Waals surface area contributed by atoms with Crippen LogP contribution in [-0.4, -0.2) is 46.6 Å². The predicted octanol–water partition coefficient (Wildman–Crippen LogP) is 1.50. The average Bonchev–Trinajstić information content (AvgIpc) is 2.79. The minimum atomic E-state index is -4.65. The third-order valence-corrected chi connectivity index (χ3v) is 3.59. The van der Waals surface area contributed by atoms with Crippen LogP contribution in [0.2, 0.25) is 0 Å². The molecular weight excluding hydrogens is 405 g/mol. The Morgan fingerprint density at radius 2 is 1.75 bits per heavy atom. The second-order valence-electron chi connectivity index (χ2n) is 5.55. The molecule has 0 aromatic heterocycles. The summed E-state index contributed by atoms with van der Waals surface area (Å²) in [5.74, 6) is -3.27. The molecule has 152 valence electrons. The highest BCUT2D eigenvalue weighted by Gasteiger charge is 2.44. The zero-order valence-electron chi connectivity index (χ0n) is 14.3. The van der Waals surface area contributed by atoms with Crippen LogP contribution in [0.25, 0.3) is 0 Å². The molecule has 0 bridgehead atoms. The molecular formula is C16H16ClF3N4O4. The van der Waals surface area contributed by atoms with Crippen LogP contribution in [0.5, 0.6) is 0 Å². The second-order valence-corrected chi connectivity index (χ2v) is 5.55. The lowest BCUT2D eigenvalue weighted by atomic mass is 10.1. The normalized spacial score (nSPS) is 14.2. The standard InChI is InChI=1S/C16H15F3N4O4.ClH/c1-2-3-22-13(25)14(26)23(15(22)27)8-12(24)21-11-5-9(7-20)4-10(6-11)16(17,18)19;/h2,4-6H,1,3,7-8,20H2,(H,21,24);1H. The summed E-state index contributed by atoms with van der Waals surface area (Å²) in [5.41, 5.74) is 4.27. The molecule has 1 heterocycles. The molecule has 1 fully saturated rings. The van der Waals surface area contributed by atoms with Crippen molar-refractivity contribution in [2.24, 2.45) is 5.73 Å². The van der Waals surface area contributed by atoms with Gasteiger partial charge in [-0.2, -0.15) is 13.2 Å². The van der Waals surface area contributed by atoms with Crippen LogP contribution in [0.1, 0.15) is 11.1 Å². The lowest BCUT2D eigenvalue weighted by molar-refractivity contribution is -0.143. The topological polar surface area (TPSA) is 113 Å². The molecule has 0 saturated carbocycles. The zero-order chi connectivity index (χ0) is 20.4. The number of amides is 5. The minimum absolute atomic E-state index is 0. The first-order chi connectivity index (χ1) is 12.6. The van der Waals surface area contributed by atoms with Gasteiger partial charge < -0.3 is 11.1 Å². The number of hydrogen-bond donors (Lipinski definition) is 2. The molecule has 12 heteroatoms. The molecule has 8 nitrogen and oxygen atoms in total. The Hall–Kier alpha value is -2.92. The molecule has 0 aliphatic carbocycles. The van der Waals surface area contributed by atoms with Crippen LogP contribution in [0.3, 0.4) is 0 Å². The lowest BCUT2D eigenvalue weighted by Gasteiger charge is -2.15. The Bertz CT molecular complexity index is 829. The van der Waals surface area contributed by atoms with E-state index in [-0.39, 0.29) is 36.7 Å². The molecule has 0 radical (unpaired) electrons. The van der Waals surface area contributed by atoms with Gasteiger partial charge >= 0.3 is 24.0 Å². The smallest absolute Gasteiger partial charge is 0.326 e. The molecule has 0 spiro atoms. The number of hydrogen-bond acceptors (Lipinski definition) is 5. The number of benzene rings is 1. The summed E-state index contributed by atoms with van der Waals surface area (Å²) in [6.07, 6.45) is -3.42. The maximum absolute atomic E-state index is 12.9. The first kappa shape index (κ1) is 23.1. The minimum Gasteiger partial charge on any atom is -0.326 e. The van der Waals surface area contributed by atoms with Gasteiger partial charge in [-0.05, 0) is 23.8 Å². The fourth-order valence-corrected chi connectivity index (χ4v) is 2.37. The number of urea groups is 1. The Kier molecular flexibility index (Phi) is 7.30. The van der Waals surface area contributed by atoms with E-state index in [4.69, 9.17) is 5.73 Å². The monoisotopic (exact) mass is 420 g/mol. The molecule has 2 rings (SSSR count). The largest absolute Gasteiger partial charge is 0.416 e. The average molecular weight is 421 g/mol. The summed E-state index contributed by atoms with van der Waals surface area (Å²) in [5, 5.41) is 2.17. The number of nitrogens with zero attached hydrogens (tertiary/aromatic N) is 2. The summed E-state index contributed by atoms with van der Waals surface area (Å²) >= 11 is 0. The van der Waals surface area contributed by atoms with Crippen molar-refractivity contribution >= 4 is 41.8 Å². The Morgan fingerprint density at radius 3 is 2.29 bits per heavy atom. The number of carbonyl (C=O) groups excluding carboxylic acids is 4. The van der Waals surface area contributed by atoms with Gasteiger partial charge in [0.15, 0.2) is 0 Å². The molecule has 1 aromatic rings. The van der Waals surface area contributed by atoms with Gasteiger partial charge in [-0.15, -0.1) is 19.0 Å². The van der Waals surface area contributed by atoms with Crippen molar-refractivity contribution in [3.63, 3.8) is 0 Å². The zero-order valence-corrected chi connectivity index (χ0v) is 15.1. The van der Waals surface area contributed by atoms with Crippen molar-refractivity contribution in [3.05, 3.63) is 42.0 Å². The number of anilines is 1. The molecule has 1 aromatic carbocycles. The van der Waals surface area contributed by atoms with Gasteiger partial charge in [-0.3, -0.25) is 19.3 Å². The van der Waals surface area contributed by atoms with Crippen LogP contribution in [0.15, 0.2) is 30.9 Å². The molecule has 0 unspecified atom stereocenters. The molecule has 0 atom stereocenters. The van der Waals surface area contributed by atoms with E-state index in [1.54, 1.807) is 0 Å². The second kappa shape index (κ2) is 8.85. The highest BCUT2D eigenvalue weighted by Crippen LogP contribution is 2.32. The summed E-state index contributed by atoms with van der Waals surface area (Å²) in [4.78, 5) is 48.6. The summed E-state index contributed by atoms with van der Waals surface area (Å²) in [6, 6.07) is 1.76. The third-order valence-electron chi connectivity index (χ3n) is 3.59. The van der Waals surface area contributed by atoms with E-state index >= 15 is 0 Å². The SMILES string of the molecule is C=CCN1C(=O)C(=O)N(CC(=O)Nc2cc(CN)cc(C(F)(F)F)c2)C1=O.Cl. The number of nitrogens with one attached hydrogen (secondary N) is 1. The molecule has 28 heavy (non-hydrogen) atoms. The summed E-state index contributed by atoms with van der Waals surface area (Å²) in [7, 11) is 0. The van der Waals surface area contributed by atoms with Crippen LogP contribution in [-0.2, 0) is 27.1 Å². The first-order valence-corrected chi connectivity index (χ1v) is 7.57. The van der Waals surface area contributed by atoms with Crippen molar-refractivity contribution in [3.8, 4) is 0 Å². The van der Waals surface area contributed by atoms with Crippen molar-refractivity contribution < 1.29 is 32.3 Å². The summed E-state index contributed by atoms with van der Waals surface area (Å²) < 4.78 is 38.7. The van der Waals surface area contributed by atoms with Crippen molar-refractivity contribution in [2.45, 2.75) is 12.7 Å². The van der Waals surface area contributed by atoms with Crippen LogP contribution < -0.4 is 11.1 Å². The molecule has 1 aliphatic heterocycles. The van der Waals surface area contributed by atoms with E-state index in [0.29, 0.717) is 15.9 Å². The van der Waals surface area contributed by atoms with E-state index in [0.717, 1.165) is 6.07 Å². The summed E-state index contributed by atoms with van der Waals surface area (Å²) in [6.45, 7) is 2.11. The van der Waals surface area contributed by atoms with Crippen LogP contribution in [0.4, 0.5) is 23.7 Å². The van der Waals surface area contributed by atoms with Gasteiger partial charge in [0.25, 0.3) is 0 Å². The molecule has 1 aliphatic rings. The lowest BCUT2D eigenvalue weighted by Crippen LogP contribution is -2.39. The van der Waals surface area contributed by atoms with Crippen molar-refractivity contribution in [1.29, 1.82) is 0 Å². The number of imide groups is 2. The van der Waals surface area contributed by atoms with E-state index in [9.17, 15) is 32.3 Å². The van der Waals surface area contributed by atoms with Gasteiger partial charge in [0, 0.05) is 18.8 Å². The Labute approximate surface area is 163 Å². The predicted molar refractivity (Wildman–Crippen MR) is 94.2 cm³/mol. The van der Waals surface area contributed by atoms with Gasteiger partial charge in [-0.25, -0.2) is 9.69 Å². The fourth-order valence-electron chi connectivity index (χ4n) is 2.37. The van der Waals surface area contributed by atoms with E-state index in [2.05, 4.69) is 11.9 Å². The Balaban J connectivity index is 0.00000392. The highest BCUT2D eigenvalue weighted by atomic mass is 35.5. The van der Waals surface area contributed by atoms with Crippen molar-refractivity contribution in [2.75, 3.05) is 18.4 Å². The number of rotatable bonds is 6. The van der Waals surface area contributed by atoms with Crippen LogP contribution >= 0.6 is 12.4 Å². The van der Waals surface area contributed by atoms with Gasteiger partial charge in [0.1, 0.15) is 6.54 Å². The number of alkyl halides is 3. The van der Waals surface area contributed by atoms with E-state index in [1.807, 2.05) is 0 Å². The Morgan fingerprint density at radius 1 is 1.14 bits per heavy atom. The quantitative estimate of drug-likeness (QED) is 0.411. The number of halogens is 4. The van der Waals surface area contributed by atoms with E-state index < -0.39 is 42.0 Å². The van der Waals surface area contributed by atoms with Gasteiger partial charge in [0.05, 0.1) is 5.56 Å². The highest BCUT2D eigenvalue weighted by molar-refractivity contribution is 6.45. The van der Waals surface area contributed by atoms with Crippen molar-refractivity contribution in [1.82, 2.24) is 9.80 Å². The van der Waals surface area contributed by atoms with Gasteiger partial charge in [-0.1, -0.05) is 6.08 Å². The fraction of sp³-hybridized carbons (Fsp3) is 0.250. The number of carbonyl (C=O) groups is 4. The van der Waals surface area contributed by atoms with Crippen LogP contribution in [0, 0.1) is 0 Å². The maximum atomic E-state index is 12.9. The molecule has 3 N–H and O–H groups in total. The maximum Gasteiger partial charge on any atom is 0.416 e. The molecule has 5 amide bonds. The molecule has 1 saturated heterocycles. The number of nitrogens with two attached hydrogens (primary N) is 1. The first-order valence-electron chi connectivity index (χ1n) is 7.57. The van der Waals surface area contributed by atoms with E-state index in [1.165, 1.54) is 12.1 Å². The third kappa shape index (κ3) is 4.87. The van der Waals surface area contributed by atoms with Gasteiger partial charge in [0.2, 0.25) is 5.91 Å².